The summed E-state index contributed by atoms with van der Waals surface area (Å²) in [6, 6.07) is 23.9. The molecule has 0 fully saturated rings. The highest BCUT2D eigenvalue weighted by molar-refractivity contribution is 6.43. The zero-order valence-corrected chi connectivity index (χ0v) is 11.8. The van der Waals surface area contributed by atoms with Crippen LogP contribution in [0.15, 0.2) is 72.8 Å². The van der Waals surface area contributed by atoms with E-state index in [0.717, 1.165) is 21.8 Å². The first kappa shape index (κ1) is 13.1. The van der Waals surface area contributed by atoms with Gasteiger partial charge in [-0.25, -0.2) is 0 Å². The van der Waals surface area contributed by atoms with Gasteiger partial charge in [0.1, 0.15) is 0 Å². The Morgan fingerprint density at radius 3 is 1.32 bits per heavy atom. The Morgan fingerprint density at radius 2 is 1.00 bits per heavy atom. The lowest BCUT2D eigenvalue weighted by molar-refractivity contribution is 0.396. The minimum absolute atomic E-state index is 0.832. The Hall–Kier alpha value is -2.56. The summed E-state index contributed by atoms with van der Waals surface area (Å²) in [6.07, 6.45) is 0. The molecule has 1 heterocycles. The van der Waals surface area contributed by atoms with Crippen molar-refractivity contribution < 1.29 is 10.0 Å². The lowest BCUT2D eigenvalue weighted by atomic mass is 9.95. The molecular weight excluding hydrogens is 273 g/mol. The molecule has 0 saturated heterocycles. The molecule has 0 atom stereocenters. The van der Waals surface area contributed by atoms with Crippen LogP contribution in [0.2, 0.25) is 0 Å². The average Bonchev–Trinajstić information content (AvgIpc) is 2.86. The van der Waals surface area contributed by atoms with Gasteiger partial charge in [0.05, 0.1) is 0 Å². The Labute approximate surface area is 128 Å². The molecule has 5 rings (SSSR count). The van der Waals surface area contributed by atoms with Crippen LogP contribution in [0.25, 0.3) is 32.9 Å². The summed E-state index contributed by atoms with van der Waals surface area (Å²) in [5.74, 6) is 0. The molecule has 0 aliphatic heterocycles. The maximum absolute atomic E-state index is 9.43. The van der Waals surface area contributed by atoms with Crippen molar-refractivity contribution in [3.8, 4) is 11.1 Å². The van der Waals surface area contributed by atoms with Crippen LogP contribution in [0.3, 0.4) is 0 Å². The highest BCUT2D eigenvalue weighted by Gasteiger charge is 2.18. The Morgan fingerprint density at radius 1 is 0.591 bits per heavy atom. The molecule has 3 aromatic rings. The third-order valence-electron chi connectivity index (χ3n) is 4.07. The SMILES string of the molecule is OB(O)n1c2ccccc2c2ccccc21.c1cc2ccc1-2. The van der Waals surface area contributed by atoms with Crippen LogP contribution < -0.4 is 0 Å². The number of aromatic nitrogens is 1. The zero-order valence-electron chi connectivity index (χ0n) is 11.8. The minimum atomic E-state index is -1.51. The second-order valence-corrected chi connectivity index (χ2v) is 5.33. The third kappa shape index (κ3) is 1.93. The number of hydrogen-bond acceptors (Lipinski definition) is 2. The van der Waals surface area contributed by atoms with Crippen molar-refractivity contribution in [1.82, 2.24) is 4.48 Å². The molecule has 0 radical (unpaired) electrons. The van der Waals surface area contributed by atoms with E-state index in [-0.39, 0.29) is 0 Å². The maximum Gasteiger partial charge on any atom is 0.592 e. The third-order valence-corrected chi connectivity index (χ3v) is 4.07. The van der Waals surface area contributed by atoms with Crippen LogP contribution in [0.1, 0.15) is 0 Å². The second kappa shape index (κ2) is 5.02. The average molecular weight is 287 g/mol. The van der Waals surface area contributed by atoms with Gasteiger partial charge in [-0.15, -0.1) is 0 Å². The summed E-state index contributed by atoms with van der Waals surface area (Å²) >= 11 is 0. The van der Waals surface area contributed by atoms with Gasteiger partial charge in [0, 0.05) is 21.8 Å². The van der Waals surface area contributed by atoms with E-state index in [1.54, 1.807) is 0 Å². The van der Waals surface area contributed by atoms with Crippen LogP contribution in [0, 0.1) is 0 Å². The lowest BCUT2D eigenvalue weighted by Gasteiger charge is -2.10. The van der Waals surface area contributed by atoms with E-state index < -0.39 is 7.25 Å². The molecule has 106 valence electrons. The normalized spacial score (nSPS) is 11.2. The number of nitrogens with zero attached hydrogens (tertiary/aromatic N) is 1. The second-order valence-electron chi connectivity index (χ2n) is 5.33. The van der Waals surface area contributed by atoms with Crippen LogP contribution in [-0.2, 0) is 0 Å². The molecule has 2 aliphatic carbocycles. The van der Waals surface area contributed by atoms with Crippen LogP contribution in [0.5, 0.6) is 0 Å². The Balaban J connectivity index is 0.000000172. The van der Waals surface area contributed by atoms with Gasteiger partial charge in [-0.1, -0.05) is 60.7 Å². The van der Waals surface area contributed by atoms with E-state index in [2.05, 4.69) is 24.3 Å². The summed E-state index contributed by atoms with van der Waals surface area (Å²) in [6.45, 7) is 0. The fourth-order valence-corrected chi connectivity index (χ4v) is 2.86. The number of para-hydroxylation sites is 2. The van der Waals surface area contributed by atoms with Crippen molar-refractivity contribution >= 4 is 29.1 Å². The number of benzene rings is 3. The summed E-state index contributed by atoms with van der Waals surface area (Å²) in [5, 5.41) is 20.9. The minimum Gasteiger partial charge on any atom is -0.407 e. The van der Waals surface area contributed by atoms with Crippen molar-refractivity contribution in [2.45, 2.75) is 0 Å². The van der Waals surface area contributed by atoms with Crippen LogP contribution >= 0.6 is 0 Å². The standard InChI is InChI=1S/C12H10BNO2.C6H4/c15-13(16)14-11-7-3-1-5-9(11)10-6-2-4-8-12(10)14;1-2-6-4-3-5(1)6/h1-8,15-16H;1-4H. The molecule has 2 aromatic carbocycles. The topological polar surface area (TPSA) is 45.4 Å². The lowest BCUT2D eigenvalue weighted by Crippen LogP contribution is -2.23. The molecule has 0 spiro atoms. The first-order chi connectivity index (χ1) is 10.8. The summed E-state index contributed by atoms with van der Waals surface area (Å²) in [4.78, 5) is 0. The van der Waals surface area contributed by atoms with Gasteiger partial charge in [0.25, 0.3) is 0 Å². The van der Waals surface area contributed by atoms with Gasteiger partial charge < -0.3 is 14.5 Å². The molecule has 22 heavy (non-hydrogen) atoms. The molecule has 1 aromatic heterocycles. The molecular formula is C18H14BNO2. The van der Waals surface area contributed by atoms with E-state index >= 15 is 0 Å². The first-order valence-corrected chi connectivity index (χ1v) is 7.20. The summed E-state index contributed by atoms with van der Waals surface area (Å²) in [5.41, 5.74) is 4.52. The van der Waals surface area contributed by atoms with Crippen LogP contribution in [-0.4, -0.2) is 21.8 Å². The van der Waals surface area contributed by atoms with Gasteiger partial charge >= 0.3 is 7.25 Å². The highest BCUT2D eigenvalue weighted by atomic mass is 16.4. The van der Waals surface area contributed by atoms with Crippen molar-refractivity contribution in [1.29, 1.82) is 0 Å². The Kier molecular flexibility index (Phi) is 3.00. The molecule has 4 heteroatoms. The summed E-state index contributed by atoms with van der Waals surface area (Å²) in [7, 11) is -1.51. The maximum atomic E-state index is 9.43. The number of rotatable bonds is 1. The van der Waals surface area contributed by atoms with Crippen molar-refractivity contribution in [2.24, 2.45) is 0 Å². The monoisotopic (exact) mass is 287 g/mol. The van der Waals surface area contributed by atoms with Gasteiger partial charge in [0.15, 0.2) is 0 Å². The molecule has 2 N–H and O–H groups in total. The molecule has 0 saturated carbocycles. The predicted octanol–water partition coefficient (Wildman–Crippen LogP) is 3.28. The van der Waals surface area contributed by atoms with E-state index in [0.29, 0.717) is 0 Å². The van der Waals surface area contributed by atoms with E-state index in [9.17, 15) is 10.0 Å². The molecule has 0 amide bonds. The number of hydrogen-bond donors (Lipinski definition) is 2. The molecule has 0 unspecified atom stereocenters. The smallest absolute Gasteiger partial charge is 0.407 e. The van der Waals surface area contributed by atoms with E-state index in [1.165, 1.54) is 15.6 Å². The predicted molar refractivity (Wildman–Crippen MR) is 90.5 cm³/mol. The van der Waals surface area contributed by atoms with Crippen molar-refractivity contribution in [3.63, 3.8) is 0 Å². The van der Waals surface area contributed by atoms with Gasteiger partial charge in [-0.3, -0.25) is 0 Å². The van der Waals surface area contributed by atoms with Crippen molar-refractivity contribution in [3.05, 3.63) is 72.8 Å². The van der Waals surface area contributed by atoms with Gasteiger partial charge in [-0.2, -0.15) is 0 Å². The van der Waals surface area contributed by atoms with Crippen LogP contribution in [0.4, 0.5) is 0 Å². The largest absolute Gasteiger partial charge is 0.592 e. The molecule has 0 bridgehead atoms. The Bertz CT molecular complexity index is 884. The van der Waals surface area contributed by atoms with Gasteiger partial charge in [0.2, 0.25) is 0 Å². The first-order valence-electron chi connectivity index (χ1n) is 7.20. The summed E-state index contributed by atoms with van der Waals surface area (Å²) < 4.78 is 1.52. The fraction of sp³-hybridized carbons (Fsp3) is 0. The zero-order chi connectivity index (χ0) is 15.1. The van der Waals surface area contributed by atoms with Crippen molar-refractivity contribution in [2.75, 3.05) is 0 Å². The quantitative estimate of drug-likeness (QED) is 0.465. The molecule has 2 aliphatic rings. The molecule has 3 nitrogen and oxygen atoms in total. The van der Waals surface area contributed by atoms with E-state index in [4.69, 9.17) is 0 Å². The number of fused-ring (bicyclic) bond motifs is 4. The van der Waals surface area contributed by atoms with Gasteiger partial charge in [-0.05, 0) is 23.3 Å². The highest BCUT2D eigenvalue weighted by Crippen LogP contribution is 2.29. The fourth-order valence-electron chi connectivity index (χ4n) is 2.86. The van der Waals surface area contributed by atoms with E-state index in [1.807, 2.05) is 48.5 Å².